The van der Waals surface area contributed by atoms with Crippen LogP contribution in [0.1, 0.15) is 71.4 Å². The first-order chi connectivity index (χ1) is 11.7. The standard InChI is InChI=1S/C22H33N2P/c1-16(2)19-14-11-15-20(17(3)4)21(19)23-25(24-22(5,6)7)18-12-9-8-10-13-18/h8-17,23-24H,1-7H3/t25-/m1/s1. The lowest BCUT2D eigenvalue weighted by molar-refractivity contribution is 0.530. The maximum Gasteiger partial charge on any atom is 0.0952 e. The van der Waals surface area contributed by atoms with E-state index >= 15 is 0 Å². The second kappa shape index (κ2) is 8.34. The van der Waals surface area contributed by atoms with Crippen molar-refractivity contribution < 1.29 is 0 Å². The van der Waals surface area contributed by atoms with Crippen LogP contribution in [0.25, 0.3) is 0 Å². The van der Waals surface area contributed by atoms with Gasteiger partial charge in [0.1, 0.15) is 0 Å². The van der Waals surface area contributed by atoms with Crippen LogP contribution in [0.5, 0.6) is 0 Å². The van der Waals surface area contributed by atoms with Crippen LogP contribution in [0.2, 0.25) is 0 Å². The molecule has 0 bridgehead atoms. The monoisotopic (exact) mass is 356 g/mol. The number of nitrogens with one attached hydrogen (secondary N) is 2. The van der Waals surface area contributed by atoms with E-state index in [0.29, 0.717) is 11.8 Å². The van der Waals surface area contributed by atoms with Crippen LogP contribution in [-0.2, 0) is 0 Å². The number of rotatable bonds is 6. The highest BCUT2D eigenvalue weighted by Gasteiger charge is 2.22. The first kappa shape index (κ1) is 19.9. The van der Waals surface area contributed by atoms with Gasteiger partial charge in [0.2, 0.25) is 0 Å². The highest BCUT2D eigenvalue weighted by atomic mass is 31.1. The molecule has 0 saturated carbocycles. The largest absolute Gasteiger partial charge is 0.348 e. The Hall–Kier alpha value is -1.37. The molecule has 2 N–H and O–H groups in total. The average Bonchev–Trinajstić information content (AvgIpc) is 2.53. The predicted octanol–water partition coefficient (Wildman–Crippen LogP) is 6.37. The van der Waals surface area contributed by atoms with Crippen molar-refractivity contribution in [2.75, 3.05) is 5.09 Å². The second-order valence-electron chi connectivity index (χ2n) is 8.27. The van der Waals surface area contributed by atoms with E-state index in [1.54, 1.807) is 0 Å². The summed E-state index contributed by atoms with van der Waals surface area (Å²) >= 11 is 0. The lowest BCUT2D eigenvalue weighted by atomic mass is 9.93. The Morgan fingerprint density at radius 3 is 1.72 bits per heavy atom. The molecule has 0 aliphatic heterocycles. The van der Waals surface area contributed by atoms with Gasteiger partial charge in [-0.05, 0) is 43.7 Å². The molecule has 2 nitrogen and oxygen atoms in total. The second-order valence-corrected chi connectivity index (χ2v) is 9.90. The summed E-state index contributed by atoms with van der Waals surface area (Å²) in [6, 6.07) is 17.5. The molecule has 0 aliphatic rings. The molecule has 0 radical (unpaired) electrons. The summed E-state index contributed by atoms with van der Waals surface area (Å²) < 4.78 is 0. The zero-order chi connectivity index (χ0) is 18.6. The zero-order valence-electron chi connectivity index (χ0n) is 16.7. The number of hydrogen-bond donors (Lipinski definition) is 2. The van der Waals surface area contributed by atoms with Crippen LogP contribution in [0.4, 0.5) is 5.69 Å². The summed E-state index contributed by atoms with van der Waals surface area (Å²) in [5, 5.41) is 9.03. The molecular weight excluding hydrogens is 323 g/mol. The van der Waals surface area contributed by atoms with Crippen molar-refractivity contribution in [2.45, 2.75) is 65.8 Å². The van der Waals surface area contributed by atoms with Crippen LogP contribution in [0.3, 0.4) is 0 Å². The van der Waals surface area contributed by atoms with Crippen molar-refractivity contribution in [1.29, 1.82) is 0 Å². The van der Waals surface area contributed by atoms with Crippen LogP contribution in [0.15, 0.2) is 48.5 Å². The van der Waals surface area contributed by atoms with Crippen molar-refractivity contribution in [2.24, 2.45) is 0 Å². The molecule has 0 heterocycles. The third kappa shape index (κ3) is 5.56. The number of benzene rings is 2. The molecule has 136 valence electrons. The van der Waals surface area contributed by atoms with Gasteiger partial charge in [-0.3, -0.25) is 5.09 Å². The van der Waals surface area contributed by atoms with E-state index in [0.717, 1.165) is 0 Å². The zero-order valence-corrected chi connectivity index (χ0v) is 17.6. The first-order valence-electron chi connectivity index (χ1n) is 9.21. The SMILES string of the molecule is CC(C)c1cccc(C(C)C)c1N[P@](NC(C)(C)C)c1ccccc1. The van der Waals surface area contributed by atoms with Crippen LogP contribution >= 0.6 is 8.22 Å². The smallest absolute Gasteiger partial charge is 0.0952 e. The fourth-order valence-corrected chi connectivity index (χ4v) is 4.80. The van der Waals surface area contributed by atoms with E-state index in [4.69, 9.17) is 0 Å². The van der Waals surface area contributed by atoms with Gasteiger partial charge in [-0.15, -0.1) is 0 Å². The highest BCUT2D eigenvalue weighted by Crippen LogP contribution is 2.40. The van der Waals surface area contributed by atoms with Gasteiger partial charge in [-0.1, -0.05) is 76.2 Å². The predicted molar refractivity (Wildman–Crippen MR) is 114 cm³/mol. The van der Waals surface area contributed by atoms with Crippen molar-refractivity contribution in [3.05, 3.63) is 59.7 Å². The molecule has 0 saturated heterocycles. The molecule has 2 rings (SSSR count). The molecule has 0 unspecified atom stereocenters. The van der Waals surface area contributed by atoms with E-state index in [1.165, 1.54) is 22.1 Å². The number of para-hydroxylation sites is 1. The fourth-order valence-electron chi connectivity index (χ4n) is 2.86. The minimum Gasteiger partial charge on any atom is -0.348 e. The van der Waals surface area contributed by atoms with Crippen LogP contribution in [0, 0.1) is 0 Å². The Labute approximate surface area is 155 Å². The van der Waals surface area contributed by atoms with Gasteiger partial charge < -0.3 is 5.09 Å². The third-order valence-electron chi connectivity index (χ3n) is 4.06. The topological polar surface area (TPSA) is 24.1 Å². The average molecular weight is 356 g/mol. The van der Waals surface area contributed by atoms with Crippen molar-refractivity contribution in [3.8, 4) is 0 Å². The van der Waals surface area contributed by atoms with Gasteiger partial charge in [0.25, 0.3) is 0 Å². The summed E-state index contributed by atoms with van der Waals surface area (Å²) in [6.45, 7) is 15.8. The lowest BCUT2D eigenvalue weighted by Gasteiger charge is -2.32. The molecule has 25 heavy (non-hydrogen) atoms. The maximum absolute atomic E-state index is 3.91. The summed E-state index contributed by atoms with van der Waals surface area (Å²) in [4.78, 5) is 0. The van der Waals surface area contributed by atoms with Crippen molar-refractivity contribution in [3.63, 3.8) is 0 Å². The summed E-state index contributed by atoms with van der Waals surface area (Å²) in [5.74, 6) is 0.979. The molecule has 0 aromatic heterocycles. The van der Waals surface area contributed by atoms with E-state index < -0.39 is 8.22 Å². The minimum atomic E-state index is -0.702. The summed E-state index contributed by atoms with van der Waals surface area (Å²) in [6.07, 6.45) is 0. The molecule has 0 aliphatic carbocycles. The van der Waals surface area contributed by atoms with Gasteiger partial charge >= 0.3 is 0 Å². The lowest BCUT2D eigenvalue weighted by Crippen LogP contribution is -2.36. The Bertz CT molecular complexity index is 646. The van der Waals surface area contributed by atoms with Crippen LogP contribution in [-0.4, -0.2) is 5.54 Å². The van der Waals surface area contributed by atoms with E-state index in [-0.39, 0.29) is 5.54 Å². The fraction of sp³-hybridized carbons (Fsp3) is 0.455. The molecule has 0 fully saturated rings. The Morgan fingerprint density at radius 1 is 0.760 bits per heavy atom. The van der Waals surface area contributed by atoms with Crippen molar-refractivity contribution in [1.82, 2.24) is 5.09 Å². The van der Waals surface area contributed by atoms with Crippen molar-refractivity contribution >= 4 is 19.2 Å². The molecule has 0 spiro atoms. The van der Waals surface area contributed by atoms with Gasteiger partial charge in [0.05, 0.1) is 8.22 Å². The molecular formula is C22H33N2P. The van der Waals surface area contributed by atoms with E-state index in [9.17, 15) is 0 Å². The molecule has 2 aromatic carbocycles. The first-order valence-corrected chi connectivity index (χ1v) is 10.6. The normalized spacial score (nSPS) is 13.3. The summed E-state index contributed by atoms with van der Waals surface area (Å²) in [7, 11) is -0.702. The molecule has 3 heteroatoms. The third-order valence-corrected chi connectivity index (χ3v) is 6.21. The van der Waals surface area contributed by atoms with E-state index in [2.05, 4.69) is 107 Å². The number of hydrogen-bond acceptors (Lipinski definition) is 2. The van der Waals surface area contributed by atoms with Gasteiger partial charge in [0.15, 0.2) is 0 Å². The Kier molecular flexibility index (Phi) is 6.65. The van der Waals surface area contributed by atoms with Crippen LogP contribution < -0.4 is 15.5 Å². The summed E-state index contributed by atoms with van der Waals surface area (Å²) in [5.41, 5.74) is 4.13. The molecule has 2 aromatic rings. The molecule has 0 amide bonds. The Morgan fingerprint density at radius 2 is 1.28 bits per heavy atom. The highest BCUT2D eigenvalue weighted by molar-refractivity contribution is 7.65. The maximum atomic E-state index is 3.91. The molecule has 1 atom stereocenters. The Balaban J connectivity index is 2.48. The minimum absolute atomic E-state index is 0.0410. The van der Waals surface area contributed by atoms with Gasteiger partial charge in [-0.2, -0.15) is 0 Å². The van der Waals surface area contributed by atoms with Gasteiger partial charge in [0, 0.05) is 16.5 Å². The number of anilines is 1. The quantitative estimate of drug-likeness (QED) is 0.588. The van der Waals surface area contributed by atoms with Gasteiger partial charge in [-0.25, -0.2) is 0 Å². The van der Waals surface area contributed by atoms with E-state index in [1.807, 2.05) is 0 Å².